The van der Waals surface area contributed by atoms with Gasteiger partial charge in [0.05, 0.1) is 10.6 Å². The zero-order valence-corrected chi connectivity index (χ0v) is 12.1. The van der Waals surface area contributed by atoms with E-state index in [0.717, 1.165) is 19.3 Å². The first-order chi connectivity index (χ1) is 8.87. The van der Waals surface area contributed by atoms with Crippen LogP contribution < -0.4 is 11.1 Å². The molecule has 104 valence electrons. The van der Waals surface area contributed by atoms with Crippen LogP contribution in [0.15, 0.2) is 12.3 Å². The van der Waals surface area contributed by atoms with Crippen LogP contribution in [-0.2, 0) is 0 Å². The third-order valence-electron chi connectivity index (χ3n) is 3.67. The molecule has 1 unspecified atom stereocenters. The summed E-state index contributed by atoms with van der Waals surface area (Å²) in [6.45, 7) is 4.49. The number of anilines is 1. The first-order valence-corrected chi connectivity index (χ1v) is 6.97. The number of nitrogen functional groups attached to an aromatic ring is 1. The standard InChI is InChI=1S/C14H20ClN3O/c1-14(2)5-3-4-10(7-14)18-13(19)9-6-11(15)12(16)17-8-9/h6,8,10H,3-5,7H2,1-2H3,(H2,16,17)(H,18,19). The summed E-state index contributed by atoms with van der Waals surface area (Å²) in [5.74, 6) is 0.120. The Kier molecular flexibility index (Phi) is 3.99. The van der Waals surface area contributed by atoms with Crippen molar-refractivity contribution >= 4 is 23.3 Å². The predicted octanol–water partition coefficient (Wildman–Crippen LogP) is 3.02. The molecule has 1 aliphatic carbocycles. The number of nitrogens with two attached hydrogens (primary N) is 1. The van der Waals surface area contributed by atoms with Crippen LogP contribution in [0.1, 0.15) is 49.9 Å². The van der Waals surface area contributed by atoms with E-state index in [1.807, 2.05) is 0 Å². The molecule has 1 heterocycles. The average molecular weight is 282 g/mol. The number of amides is 1. The smallest absolute Gasteiger partial charge is 0.253 e. The molecule has 5 heteroatoms. The summed E-state index contributed by atoms with van der Waals surface area (Å²) in [5.41, 5.74) is 6.29. The van der Waals surface area contributed by atoms with Gasteiger partial charge in [0, 0.05) is 12.2 Å². The highest BCUT2D eigenvalue weighted by molar-refractivity contribution is 6.33. The lowest BCUT2D eigenvalue weighted by molar-refractivity contribution is 0.0902. The van der Waals surface area contributed by atoms with Gasteiger partial charge in [-0.2, -0.15) is 0 Å². The summed E-state index contributed by atoms with van der Waals surface area (Å²) in [5, 5.41) is 3.38. The third-order valence-corrected chi connectivity index (χ3v) is 3.97. The van der Waals surface area contributed by atoms with Crippen LogP contribution in [0.3, 0.4) is 0 Å². The van der Waals surface area contributed by atoms with Gasteiger partial charge in [-0.25, -0.2) is 4.98 Å². The quantitative estimate of drug-likeness (QED) is 0.875. The lowest BCUT2D eigenvalue weighted by Gasteiger charge is -2.35. The fraction of sp³-hybridized carbons (Fsp3) is 0.571. The number of hydrogen-bond acceptors (Lipinski definition) is 3. The van der Waals surface area contributed by atoms with E-state index in [1.54, 1.807) is 6.07 Å². The molecule has 1 amide bonds. The van der Waals surface area contributed by atoms with Crippen molar-refractivity contribution < 1.29 is 4.79 Å². The van der Waals surface area contributed by atoms with Crippen LogP contribution in [0.5, 0.6) is 0 Å². The number of carbonyl (C=O) groups is 1. The normalized spacial score (nSPS) is 21.9. The Morgan fingerprint density at radius 1 is 1.58 bits per heavy atom. The van der Waals surface area contributed by atoms with E-state index in [1.165, 1.54) is 12.6 Å². The first kappa shape index (κ1) is 14.1. The molecule has 1 atom stereocenters. The summed E-state index contributed by atoms with van der Waals surface area (Å²) >= 11 is 5.88. The van der Waals surface area contributed by atoms with E-state index in [2.05, 4.69) is 24.1 Å². The summed E-state index contributed by atoms with van der Waals surface area (Å²) in [6, 6.07) is 1.79. The van der Waals surface area contributed by atoms with Gasteiger partial charge < -0.3 is 11.1 Å². The molecule has 2 rings (SSSR count). The second-order valence-electron chi connectivity index (χ2n) is 6.02. The van der Waals surface area contributed by atoms with Crippen molar-refractivity contribution in [2.45, 2.75) is 45.6 Å². The van der Waals surface area contributed by atoms with Gasteiger partial charge in [-0.3, -0.25) is 4.79 Å². The van der Waals surface area contributed by atoms with Crippen LogP contribution in [0.25, 0.3) is 0 Å². The molecule has 1 aromatic heterocycles. The highest BCUT2D eigenvalue weighted by Gasteiger charge is 2.29. The van der Waals surface area contributed by atoms with Crippen molar-refractivity contribution in [3.63, 3.8) is 0 Å². The monoisotopic (exact) mass is 281 g/mol. The van der Waals surface area contributed by atoms with Crippen LogP contribution >= 0.6 is 11.6 Å². The summed E-state index contributed by atoms with van der Waals surface area (Å²) in [7, 11) is 0. The predicted molar refractivity (Wildman–Crippen MR) is 77.2 cm³/mol. The lowest BCUT2D eigenvalue weighted by atomic mass is 9.75. The molecule has 0 bridgehead atoms. The van der Waals surface area contributed by atoms with E-state index in [0.29, 0.717) is 16.0 Å². The third kappa shape index (κ3) is 3.60. The molecule has 1 saturated carbocycles. The molecule has 0 radical (unpaired) electrons. The van der Waals surface area contributed by atoms with Crippen molar-refractivity contribution in [1.29, 1.82) is 0 Å². The highest BCUT2D eigenvalue weighted by Crippen LogP contribution is 2.35. The fourth-order valence-electron chi connectivity index (χ4n) is 2.66. The number of carbonyl (C=O) groups excluding carboxylic acids is 1. The molecular weight excluding hydrogens is 262 g/mol. The van der Waals surface area contributed by atoms with Gasteiger partial charge in [-0.05, 0) is 30.7 Å². The minimum Gasteiger partial charge on any atom is -0.382 e. The number of aromatic nitrogens is 1. The Labute approximate surface area is 118 Å². The van der Waals surface area contributed by atoms with Gasteiger partial charge in [-0.15, -0.1) is 0 Å². The van der Waals surface area contributed by atoms with Crippen LogP contribution in [0, 0.1) is 5.41 Å². The van der Waals surface area contributed by atoms with E-state index < -0.39 is 0 Å². The van der Waals surface area contributed by atoms with E-state index in [4.69, 9.17) is 17.3 Å². The first-order valence-electron chi connectivity index (χ1n) is 6.59. The van der Waals surface area contributed by atoms with Crippen molar-refractivity contribution in [1.82, 2.24) is 10.3 Å². The maximum Gasteiger partial charge on any atom is 0.253 e. The SMILES string of the molecule is CC1(C)CCCC(NC(=O)c2cnc(N)c(Cl)c2)C1. The van der Waals surface area contributed by atoms with Crippen molar-refractivity contribution in [2.24, 2.45) is 5.41 Å². The molecule has 3 N–H and O–H groups in total. The number of halogens is 1. The summed E-state index contributed by atoms with van der Waals surface area (Å²) in [4.78, 5) is 16.0. The van der Waals surface area contributed by atoms with Crippen molar-refractivity contribution in [3.8, 4) is 0 Å². The maximum absolute atomic E-state index is 12.1. The molecule has 4 nitrogen and oxygen atoms in total. The van der Waals surface area contributed by atoms with Crippen LogP contribution in [-0.4, -0.2) is 16.9 Å². The fourth-order valence-corrected chi connectivity index (χ4v) is 2.83. The Morgan fingerprint density at radius 2 is 2.32 bits per heavy atom. The number of rotatable bonds is 2. The van der Waals surface area contributed by atoms with E-state index in [-0.39, 0.29) is 17.8 Å². The maximum atomic E-state index is 12.1. The average Bonchev–Trinajstić information content (AvgIpc) is 2.31. The largest absolute Gasteiger partial charge is 0.382 e. The summed E-state index contributed by atoms with van der Waals surface area (Å²) in [6.07, 6.45) is 5.87. The number of pyridine rings is 1. The van der Waals surface area contributed by atoms with Gasteiger partial charge in [0.2, 0.25) is 0 Å². The Balaban J connectivity index is 2.02. The minimum absolute atomic E-state index is 0.128. The van der Waals surface area contributed by atoms with Gasteiger partial charge in [0.1, 0.15) is 5.82 Å². The molecule has 19 heavy (non-hydrogen) atoms. The molecule has 1 fully saturated rings. The Hall–Kier alpha value is -1.29. The summed E-state index contributed by atoms with van der Waals surface area (Å²) < 4.78 is 0. The molecule has 0 saturated heterocycles. The molecule has 1 aliphatic rings. The molecule has 1 aromatic rings. The van der Waals surface area contributed by atoms with Gasteiger partial charge >= 0.3 is 0 Å². The molecule has 0 spiro atoms. The second-order valence-corrected chi connectivity index (χ2v) is 6.43. The Bertz CT molecular complexity index is 488. The van der Waals surface area contributed by atoms with Crippen LogP contribution in [0.4, 0.5) is 5.82 Å². The number of hydrogen-bond donors (Lipinski definition) is 2. The molecule has 0 aliphatic heterocycles. The minimum atomic E-state index is -0.128. The lowest BCUT2D eigenvalue weighted by Crippen LogP contribution is -2.40. The van der Waals surface area contributed by atoms with Crippen LogP contribution in [0.2, 0.25) is 5.02 Å². The van der Waals surface area contributed by atoms with Crippen molar-refractivity contribution in [3.05, 3.63) is 22.8 Å². The molecular formula is C14H20ClN3O. The second kappa shape index (κ2) is 5.37. The Morgan fingerprint density at radius 3 is 2.95 bits per heavy atom. The van der Waals surface area contributed by atoms with Gasteiger partial charge in [0.25, 0.3) is 5.91 Å². The highest BCUT2D eigenvalue weighted by atomic mass is 35.5. The van der Waals surface area contributed by atoms with Gasteiger partial charge in [-0.1, -0.05) is 31.9 Å². The van der Waals surface area contributed by atoms with E-state index in [9.17, 15) is 4.79 Å². The zero-order chi connectivity index (χ0) is 14.0. The number of nitrogens with one attached hydrogen (secondary N) is 1. The topological polar surface area (TPSA) is 68.0 Å². The van der Waals surface area contributed by atoms with E-state index >= 15 is 0 Å². The number of nitrogens with zero attached hydrogens (tertiary/aromatic N) is 1. The van der Waals surface area contributed by atoms with Crippen molar-refractivity contribution in [2.75, 3.05) is 5.73 Å². The molecule has 0 aromatic carbocycles. The van der Waals surface area contributed by atoms with Gasteiger partial charge in [0.15, 0.2) is 0 Å². The zero-order valence-electron chi connectivity index (χ0n) is 11.4.